The number of hydrogen-bond acceptors (Lipinski definition) is 8. The number of aryl methyl sites for hydroxylation is 2. The van der Waals surface area contributed by atoms with E-state index in [9.17, 15) is 31.5 Å². The summed E-state index contributed by atoms with van der Waals surface area (Å²) >= 11 is 0. The summed E-state index contributed by atoms with van der Waals surface area (Å²) in [7, 11) is 1.68. The van der Waals surface area contributed by atoms with E-state index in [4.69, 9.17) is 0 Å². The second kappa shape index (κ2) is 11.2. The normalized spacial score (nSPS) is 22.9. The van der Waals surface area contributed by atoms with Crippen molar-refractivity contribution in [2.75, 3.05) is 0 Å². The minimum absolute atomic E-state index is 0.0286. The Balaban J connectivity index is 1.31. The van der Waals surface area contributed by atoms with Crippen molar-refractivity contribution in [2.24, 2.45) is 18.4 Å². The number of nitrogens with zero attached hydrogens (tertiary/aromatic N) is 7. The van der Waals surface area contributed by atoms with Crippen molar-refractivity contribution in [3.8, 4) is 0 Å². The molecule has 1 saturated carbocycles. The zero-order valence-electron chi connectivity index (χ0n) is 24.3. The first-order valence-electron chi connectivity index (χ1n) is 14.4. The van der Waals surface area contributed by atoms with Gasteiger partial charge in [-0.15, -0.1) is 0 Å². The first-order valence-corrected chi connectivity index (χ1v) is 14.4. The van der Waals surface area contributed by atoms with Gasteiger partial charge in [0.05, 0.1) is 35.7 Å². The van der Waals surface area contributed by atoms with Crippen LogP contribution in [0, 0.1) is 18.3 Å². The molecular weight excluding hydrogens is 605 g/mol. The first-order chi connectivity index (χ1) is 21.2. The highest BCUT2D eigenvalue weighted by atomic mass is 19.4. The molecule has 2 N–H and O–H groups in total. The monoisotopic (exact) mass is 635 g/mol. The van der Waals surface area contributed by atoms with E-state index in [1.807, 2.05) is 0 Å². The number of imidazole rings is 1. The molecule has 0 bridgehead atoms. The Hall–Kier alpha value is -4.44. The quantitative estimate of drug-likeness (QED) is 0.279. The Kier molecular flexibility index (Phi) is 7.59. The maximum Gasteiger partial charge on any atom is 0.408 e. The number of aromatic nitrogens is 7. The molecule has 45 heavy (non-hydrogen) atoms. The lowest BCUT2D eigenvalue weighted by Gasteiger charge is -2.33. The summed E-state index contributed by atoms with van der Waals surface area (Å²) in [6.07, 6.45) is 0.670. The standard InChI is InChI=1S/C28H30F5N9O3/c1-15-22(40-45-39-15)24(43)38-23(18-3-5-27(29,30)6-4-18)19-14-42-21(36-19)7-16(11-35-42)8-26(9-17-12-34-41(2)13-17)10-20(28(31,32)33)37-25(26)44/h7,11-14,18,20,23H,3-6,8-10H2,1-2H3,(H,37,44)(H,38,43)/t20-,23-,26+/m0/s1. The van der Waals surface area contributed by atoms with Crippen molar-refractivity contribution >= 4 is 17.5 Å². The van der Waals surface area contributed by atoms with Crippen molar-refractivity contribution in [3.63, 3.8) is 0 Å². The fourth-order valence-corrected chi connectivity index (χ4v) is 6.41. The van der Waals surface area contributed by atoms with E-state index < -0.39 is 47.8 Å². The molecule has 4 aromatic heterocycles. The SMILES string of the molecule is Cc1nonc1C(=O)N[C@H](c1cn2ncc(C[C@@]3(Cc4cnn(C)c4)C[C@@H](C(F)(F)F)NC3=O)cc2n1)C1CCC(F)(F)CC1. The molecule has 1 saturated heterocycles. The molecule has 1 aliphatic heterocycles. The zero-order chi connectivity index (χ0) is 32.1. The predicted octanol–water partition coefficient (Wildman–Crippen LogP) is 3.67. The number of nitrogens with one attached hydrogen (secondary N) is 2. The van der Waals surface area contributed by atoms with E-state index in [1.54, 1.807) is 32.4 Å². The molecule has 2 fully saturated rings. The van der Waals surface area contributed by atoms with Gasteiger partial charge in [0, 0.05) is 26.1 Å². The van der Waals surface area contributed by atoms with Crippen LogP contribution in [0.5, 0.6) is 0 Å². The van der Waals surface area contributed by atoms with Crippen LogP contribution in [0.1, 0.15) is 71.1 Å². The molecule has 240 valence electrons. The van der Waals surface area contributed by atoms with Gasteiger partial charge >= 0.3 is 6.18 Å². The Labute approximate surface area is 252 Å². The molecule has 3 atom stereocenters. The van der Waals surface area contributed by atoms with E-state index in [-0.39, 0.29) is 55.8 Å². The fourth-order valence-electron chi connectivity index (χ4n) is 6.41. The van der Waals surface area contributed by atoms with Crippen LogP contribution in [-0.2, 0) is 24.7 Å². The number of hydrogen-bond donors (Lipinski definition) is 2. The summed E-state index contributed by atoms with van der Waals surface area (Å²) in [5.41, 5.74) is 0.544. The third kappa shape index (κ3) is 6.24. The van der Waals surface area contributed by atoms with E-state index in [0.29, 0.717) is 22.5 Å². The summed E-state index contributed by atoms with van der Waals surface area (Å²) in [6, 6.07) is -1.15. The van der Waals surface area contributed by atoms with E-state index >= 15 is 0 Å². The van der Waals surface area contributed by atoms with Crippen molar-refractivity contribution in [1.82, 2.24) is 45.3 Å². The van der Waals surface area contributed by atoms with Crippen LogP contribution in [0.15, 0.2) is 35.5 Å². The molecule has 12 nitrogen and oxygen atoms in total. The summed E-state index contributed by atoms with van der Waals surface area (Å²) in [4.78, 5) is 30.9. The largest absolute Gasteiger partial charge is 0.408 e. The molecule has 0 aromatic carbocycles. The minimum atomic E-state index is -4.62. The number of halogens is 5. The number of carbonyl (C=O) groups excluding carboxylic acids is 2. The number of alkyl halides is 5. The van der Waals surface area contributed by atoms with Crippen LogP contribution in [0.2, 0.25) is 0 Å². The number of amides is 2. The lowest BCUT2D eigenvalue weighted by Crippen LogP contribution is -2.39. The van der Waals surface area contributed by atoms with Crippen molar-refractivity contribution in [2.45, 2.75) is 76.1 Å². The Bertz CT molecular complexity index is 1720. The molecule has 6 rings (SSSR count). The van der Waals surface area contributed by atoms with Gasteiger partial charge in [0.2, 0.25) is 11.8 Å². The summed E-state index contributed by atoms with van der Waals surface area (Å²) in [5, 5.41) is 20.7. The highest BCUT2D eigenvalue weighted by Gasteiger charge is 2.55. The highest BCUT2D eigenvalue weighted by molar-refractivity contribution is 5.93. The molecule has 1 aliphatic carbocycles. The fraction of sp³-hybridized carbons (Fsp3) is 0.536. The van der Waals surface area contributed by atoms with Gasteiger partial charge in [-0.3, -0.25) is 14.3 Å². The molecule has 17 heteroatoms. The Morgan fingerprint density at radius 2 is 1.84 bits per heavy atom. The molecule has 0 unspecified atom stereocenters. The van der Waals surface area contributed by atoms with Crippen LogP contribution in [0.4, 0.5) is 22.0 Å². The van der Waals surface area contributed by atoms with Gasteiger partial charge in [0.15, 0.2) is 11.3 Å². The van der Waals surface area contributed by atoms with E-state index in [0.717, 1.165) is 0 Å². The molecule has 4 aromatic rings. The van der Waals surface area contributed by atoms with Gasteiger partial charge in [-0.1, -0.05) is 5.16 Å². The summed E-state index contributed by atoms with van der Waals surface area (Å²) < 4.78 is 76.7. The second-order valence-electron chi connectivity index (χ2n) is 12.1. The lowest BCUT2D eigenvalue weighted by molar-refractivity contribution is -0.155. The number of carbonyl (C=O) groups is 2. The second-order valence-corrected chi connectivity index (χ2v) is 12.1. The third-order valence-corrected chi connectivity index (χ3v) is 8.72. The van der Waals surface area contributed by atoms with Crippen molar-refractivity contribution in [3.05, 3.63) is 59.1 Å². The molecular formula is C28H30F5N9O3. The van der Waals surface area contributed by atoms with Crippen molar-refractivity contribution < 1.29 is 36.2 Å². The van der Waals surface area contributed by atoms with Gasteiger partial charge in [0.1, 0.15) is 11.7 Å². The van der Waals surface area contributed by atoms with Gasteiger partial charge < -0.3 is 10.6 Å². The van der Waals surface area contributed by atoms with Crippen LogP contribution >= 0.6 is 0 Å². The zero-order valence-corrected chi connectivity index (χ0v) is 24.3. The Morgan fingerprint density at radius 1 is 1.13 bits per heavy atom. The van der Waals surface area contributed by atoms with Gasteiger partial charge in [0.25, 0.3) is 5.91 Å². The van der Waals surface area contributed by atoms with Gasteiger partial charge in [-0.05, 0) is 67.3 Å². The number of fused-ring (bicyclic) bond motifs is 1. The average molecular weight is 636 g/mol. The third-order valence-electron chi connectivity index (χ3n) is 8.72. The molecule has 5 heterocycles. The molecule has 2 amide bonds. The van der Waals surface area contributed by atoms with E-state index in [1.165, 1.54) is 21.6 Å². The summed E-state index contributed by atoms with van der Waals surface area (Å²) in [6.45, 7) is 1.54. The highest BCUT2D eigenvalue weighted by Crippen LogP contribution is 2.43. The average Bonchev–Trinajstić information content (AvgIpc) is 3.75. The van der Waals surface area contributed by atoms with Gasteiger partial charge in [-0.2, -0.15) is 23.4 Å². The molecule has 2 aliphatic rings. The lowest BCUT2D eigenvalue weighted by atomic mass is 9.75. The van der Waals surface area contributed by atoms with Crippen LogP contribution < -0.4 is 10.6 Å². The van der Waals surface area contributed by atoms with Crippen LogP contribution in [0.3, 0.4) is 0 Å². The van der Waals surface area contributed by atoms with Gasteiger partial charge in [-0.25, -0.2) is 22.9 Å². The van der Waals surface area contributed by atoms with Crippen LogP contribution in [0.25, 0.3) is 5.65 Å². The maximum atomic E-state index is 14.0. The molecule has 0 radical (unpaired) electrons. The maximum absolute atomic E-state index is 14.0. The molecule has 0 spiro atoms. The predicted molar refractivity (Wildman–Crippen MR) is 145 cm³/mol. The van der Waals surface area contributed by atoms with Crippen LogP contribution in [-0.4, -0.2) is 64.6 Å². The Morgan fingerprint density at radius 3 is 2.47 bits per heavy atom. The first kappa shape index (κ1) is 30.6. The number of rotatable bonds is 8. The van der Waals surface area contributed by atoms with E-state index in [2.05, 4.69) is 40.8 Å². The van der Waals surface area contributed by atoms with Crippen molar-refractivity contribution in [1.29, 1.82) is 0 Å². The smallest absolute Gasteiger partial charge is 0.344 e. The minimum Gasteiger partial charge on any atom is -0.344 e. The topological polar surface area (TPSA) is 145 Å². The summed E-state index contributed by atoms with van der Waals surface area (Å²) in [5.74, 6) is -4.49.